The van der Waals surface area contributed by atoms with Gasteiger partial charge in [0.1, 0.15) is 6.33 Å². The van der Waals surface area contributed by atoms with E-state index in [0.717, 1.165) is 0 Å². The third kappa shape index (κ3) is 3.71. The van der Waals surface area contributed by atoms with Gasteiger partial charge in [0.15, 0.2) is 11.6 Å². The first-order chi connectivity index (χ1) is 8.54. The largest absolute Gasteiger partial charge is 0.490 e. The van der Waals surface area contributed by atoms with E-state index in [0.29, 0.717) is 30.4 Å². The molecule has 18 heavy (non-hydrogen) atoms. The first-order valence-electron chi connectivity index (χ1n) is 5.74. The second kappa shape index (κ2) is 6.36. The maximum absolute atomic E-state index is 8.98. The van der Waals surface area contributed by atoms with Gasteiger partial charge in [0.05, 0.1) is 7.11 Å². The number of hydrazine groups is 1. The number of aliphatic hydroxyl groups is 1. The number of aromatic nitrogens is 2. The normalized spacial score (nSPS) is 11.2. The summed E-state index contributed by atoms with van der Waals surface area (Å²) in [5.41, 5.74) is 2.41. The van der Waals surface area contributed by atoms with E-state index in [1.54, 1.807) is 0 Å². The van der Waals surface area contributed by atoms with Gasteiger partial charge in [0, 0.05) is 13.2 Å². The first-order valence-corrected chi connectivity index (χ1v) is 5.74. The van der Waals surface area contributed by atoms with Crippen molar-refractivity contribution in [2.24, 2.45) is 11.3 Å². The van der Waals surface area contributed by atoms with Crippen molar-refractivity contribution < 1.29 is 9.84 Å². The van der Waals surface area contributed by atoms with Crippen molar-refractivity contribution in [2.75, 3.05) is 31.0 Å². The molecular weight excluding hydrogens is 234 g/mol. The number of rotatable bonds is 7. The highest BCUT2D eigenvalue weighted by Gasteiger charge is 2.19. The summed E-state index contributed by atoms with van der Waals surface area (Å²) in [5.74, 6) is 6.82. The molecule has 7 heteroatoms. The van der Waals surface area contributed by atoms with Gasteiger partial charge in [-0.3, -0.25) is 0 Å². The van der Waals surface area contributed by atoms with Crippen LogP contribution in [0.3, 0.4) is 0 Å². The van der Waals surface area contributed by atoms with E-state index in [1.165, 1.54) is 13.4 Å². The molecule has 102 valence electrons. The predicted molar refractivity (Wildman–Crippen MR) is 70.4 cm³/mol. The molecule has 0 atom stereocenters. The summed E-state index contributed by atoms with van der Waals surface area (Å²) in [6.07, 6.45) is 2.11. The lowest BCUT2D eigenvalue weighted by molar-refractivity contribution is 0.220. The van der Waals surface area contributed by atoms with Gasteiger partial charge in [-0.05, 0) is 11.8 Å². The number of nitrogens with zero attached hydrogens (tertiary/aromatic N) is 2. The van der Waals surface area contributed by atoms with E-state index in [9.17, 15) is 0 Å². The maximum atomic E-state index is 8.98. The second-order valence-electron chi connectivity index (χ2n) is 4.74. The van der Waals surface area contributed by atoms with Crippen molar-refractivity contribution in [1.29, 1.82) is 0 Å². The molecule has 0 aliphatic heterocycles. The lowest BCUT2D eigenvalue weighted by Crippen LogP contribution is -2.25. The topological polar surface area (TPSA) is 105 Å². The van der Waals surface area contributed by atoms with E-state index in [-0.39, 0.29) is 12.0 Å². The van der Waals surface area contributed by atoms with Gasteiger partial charge in [0.25, 0.3) is 0 Å². The van der Waals surface area contributed by atoms with Gasteiger partial charge in [-0.1, -0.05) is 13.8 Å². The summed E-state index contributed by atoms with van der Waals surface area (Å²) in [6, 6.07) is 0. The highest BCUT2D eigenvalue weighted by Crippen LogP contribution is 2.29. The summed E-state index contributed by atoms with van der Waals surface area (Å²) in [7, 11) is 1.53. The Kier molecular flexibility index (Phi) is 5.11. The molecular formula is C11H21N5O2. The van der Waals surface area contributed by atoms with Gasteiger partial charge >= 0.3 is 0 Å². The Morgan fingerprint density at radius 2 is 2.06 bits per heavy atom. The first kappa shape index (κ1) is 14.5. The van der Waals surface area contributed by atoms with Crippen LogP contribution in [0.15, 0.2) is 6.33 Å². The summed E-state index contributed by atoms with van der Waals surface area (Å²) >= 11 is 0. The molecule has 0 unspecified atom stereocenters. The number of hydrogen-bond acceptors (Lipinski definition) is 7. The van der Waals surface area contributed by atoms with E-state index in [1.807, 2.05) is 0 Å². The van der Waals surface area contributed by atoms with Crippen molar-refractivity contribution >= 4 is 11.6 Å². The number of anilines is 2. The van der Waals surface area contributed by atoms with Crippen molar-refractivity contribution in [3.8, 4) is 5.75 Å². The van der Waals surface area contributed by atoms with Crippen molar-refractivity contribution in [3.63, 3.8) is 0 Å². The molecule has 0 aromatic carbocycles. The molecule has 0 fully saturated rings. The fourth-order valence-corrected chi connectivity index (χ4v) is 1.51. The molecule has 0 saturated heterocycles. The van der Waals surface area contributed by atoms with Gasteiger partial charge in [-0.25, -0.2) is 15.8 Å². The fourth-order valence-electron chi connectivity index (χ4n) is 1.51. The minimum Gasteiger partial charge on any atom is -0.490 e. The third-order valence-corrected chi connectivity index (χ3v) is 2.67. The lowest BCUT2D eigenvalue weighted by Gasteiger charge is -2.24. The minimum atomic E-state index is -0.0407. The molecule has 0 bridgehead atoms. The number of nitrogen functional groups attached to an aromatic ring is 1. The molecule has 1 rings (SSSR count). The molecule has 7 nitrogen and oxygen atoms in total. The van der Waals surface area contributed by atoms with Crippen LogP contribution in [0.2, 0.25) is 0 Å². The van der Waals surface area contributed by atoms with Crippen molar-refractivity contribution in [1.82, 2.24) is 9.97 Å². The number of nitrogens with one attached hydrogen (secondary N) is 2. The lowest BCUT2D eigenvalue weighted by atomic mass is 9.90. The summed E-state index contributed by atoms with van der Waals surface area (Å²) < 4.78 is 5.21. The zero-order valence-electron chi connectivity index (χ0n) is 11.0. The Balaban J connectivity index is 2.78. The number of hydrogen-bond donors (Lipinski definition) is 4. The Bertz CT molecular complexity index is 384. The highest BCUT2D eigenvalue weighted by atomic mass is 16.5. The molecule has 0 saturated carbocycles. The van der Waals surface area contributed by atoms with Crippen LogP contribution in [0.25, 0.3) is 0 Å². The second-order valence-corrected chi connectivity index (χ2v) is 4.74. The molecule has 0 spiro atoms. The van der Waals surface area contributed by atoms with E-state index < -0.39 is 0 Å². The van der Waals surface area contributed by atoms with Crippen molar-refractivity contribution in [2.45, 2.75) is 20.3 Å². The smallest absolute Gasteiger partial charge is 0.205 e. The molecule has 1 heterocycles. The summed E-state index contributed by atoms with van der Waals surface area (Å²) in [6.45, 7) is 4.94. The zero-order chi connectivity index (χ0) is 13.6. The van der Waals surface area contributed by atoms with E-state index >= 15 is 0 Å². The van der Waals surface area contributed by atoms with Gasteiger partial charge in [-0.2, -0.15) is 0 Å². The monoisotopic (exact) mass is 255 g/mol. The molecule has 0 amide bonds. The number of ether oxygens (including phenoxy) is 1. The molecule has 0 radical (unpaired) electrons. The highest BCUT2D eigenvalue weighted by molar-refractivity contribution is 5.63. The van der Waals surface area contributed by atoms with Crippen LogP contribution in [0.4, 0.5) is 11.6 Å². The van der Waals surface area contributed by atoms with Gasteiger partial charge in [-0.15, -0.1) is 0 Å². The molecule has 0 aliphatic rings. The predicted octanol–water partition coefficient (Wildman–Crippen LogP) is 0.591. The molecule has 1 aromatic heterocycles. The Hall–Kier alpha value is -1.60. The Morgan fingerprint density at radius 1 is 1.39 bits per heavy atom. The van der Waals surface area contributed by atoms with Crippen LogP contribution >= 0.6 is 0 Å². The third-order valence-electron chi connectivity index (χ3n) is 2.67. The molecule has 1 aromatic rings. The average Bonchev–Trinajstić information content (AvgIpc) is 2.35. The summed E-state index contributed by atoms with van der Waals surface area (Å²) in [5, 5.41) is 12.2. The Labute approximate surface area is 107 Å². The quantitative estimate of drug-likeness (QED) is 0.417. The molecule has 5 N–H and O–H groups in total. The van der Waals surface area contributed by atoms with Gasteiger partial charge < -0.3 is 20.6 Å². The van der Waals surface area contributed by atoms with E-state index in [2.05, 4.69) is 34.6 Å². The van der Waals surface area contributed by atoms with Crippen LogP contribution < -0.4 is 21.3 Å². The van der Waals surface area contributed by atoms with Crippen LogP contribution in [-0.2, 0) is 0 Å². The number of aliphatic hydroxyl groups excluding tert-OH is 1. The minimum absolute atomic E-state index is 0.0407. The van der Waals surface area contributed by atoms with Crippen LogP contribution in [0.1, 0.15) is 20.3 Å². The standard InChI is InChI=1S/C11H21N5O2/c1-11(2,4-5-17)6-13-9-8(18-3)10(16-12)15-7-14-9/h7,17H,4-6,12H2,1-3H3,(H2,13,14,15,16). The van der Waals surface area contributed by atoms with E-state index in [4.69, 9.17) is 15.7 Å². The fraction of sp³-hybridized carbons (Fsp3) is 0.636. The van der Waals surface area contributed by atoms with Crippen molar-refractivity contribution in [3.05, 3.63) is 6.33 Å². The maximum Gasteiger partial charge on any atom is 0.205 e. The summed E-state index contributed by atoms with van der Waals surface area (Å²) in [4.78, 5) is 8.07. The van der Waals surface area contributed by atoms with Crippen LogP contribution in [-0.4, -0.2) is 35.3 Å². The van der Waals surface area contributed by atoms with Crippen LogP contribution in [0.5, 0.6) is 5.75 Å². The Morgan fingerprint density at radius 3 is 2.61 bits per heavy atom. The number of nitrogens with two attached hydrogens (primary N) is 1. The molecule has 0 aliphatic carbocycles. The average molecular weight is 255 g/mol. The number of methoxy groups -OCH3 is 1. The SMILES string of the molecule is COc1c(NN)ncnc1NCC(C)(C)CCO. The van der Waals surface area contributed by atoms with Gasteiger partial charge in [0.2, 0.25) is 5.75 Å². The van der Waals surface area contributed by atoms with Crippen LogP contribution in [0, 0.1) is 5.41 Å². The zero-order valence-corrected chi connectivity index (χ0v) is 11.0.